The lowest BCUT2D eigenvalue weighted by Gasteiger charge is -2.25. The number of hydrogen-bond acceptors (Lipinski definition) is 9. The summed E-state index contributed by atoms with van der Waals surface area (Å²) < 4.78 is 17.4. The van der Waals surface area contributed by atoms with Crippen molar-refractivity contribution in [2.45, 2.75) is 19.9 Å². The summed E-state index contributed by atoms with van der Waals surface area (Å²) in [6, 6.07) is 9.81. The molecule has 0 aliphatic carbocycles. The molecule has 5 rings (SSSR count). The number of aryl methyl sites for hydroxylation is 2. The van der Waals surface area contributed by atoms with Gasteiger partial charge >= 0.3 is 0 Å². The molecule has 10 heteroatoms. The summed E-state index contributed by atoms with van der Waals surface area (Å²) in [4.78, 5) is 33.8. The predicted octanol–water partition coefficient (Wildman–Crippen LogP) is 5.78. The number of thiazole rings is 1. The van der Waals surface area contributed by atoms with Crippen LogP contribution in [0.15, 0.2) is 53.1 Å². The topological polar surface area (TPSA) is 98.2 Å². The summed E-state index contributed by atoms with van der Waals surface area (Å²) in [6.07, 6.45) is 0. The number of aliphatic hydroxyl groups excluding tert-OH is 1. The van der Waals surface area contributed by atoms with Crippen molar-refractivity contribution in [1.82, 2.24) is 4.98 Å². The molecule has 1 atom stereocenters. The first-order chi connectivity index (χ1) is 17.8. The third-order valence-corrected chi connectivity index (χ3v) is 8.10. The molecule has 0 fully saturated rings. The van der Waals surface area contributed by atoms with Gasteiger partial charge in [-0.2, -0.15) is 0 Å². The van der Waals surface area contributed by atoms with E-state index in [-0.39, 0.29) is 5.57 Å². The van der Waals surface area contributed by atoms with Crippen LogP contribution in [0, 0.1) is 13.8 Å². The molecule has 0 radical (unpaired) electrons. The first-order valence-electron chi connectivity index (χ1n) is 11.3. The van der Waals surface area contributed by atoms with Gasteiger partial charge in [0.15, 0.2) is 22.4 Å². The monoisotopic (exact) mass is 536 g/mol. The van der Waals surface area contributed by atoms with Gasteiger partial charge in [-0.05, 0) is 60.2 Å². The van der Waals surface area contributed by atoms with Crippen LogP contribution < -0.4 is 19.1 Å². The number of carbonyl (C=O) groups is 2. The van der Waals surface area contributed by atoms with E-state index in [0.717, 1.165) is 21.3 Å². The van der Waals surface area contributed by atoms with Crippen LogP contribution in [0.4, 0.5) is 5.13 Å². The van der Waals surface area contributed by atoms with Gasteiger partial charge in [-0.3, -0.25) is 14.5 Å². The van der Waals surface area contributed by atoms with Crippen LogP contribution in [0.3, 0.4) is 0 Å². The van der Waals surface area contributed by atoms with E-state index in [9.17, 15) is 14.7 Å². The molecule has 8 nitrogen and oxygen atoms in total. The minimum absolute atomic E-state index is 0.0334. The SMILES string of the molecule is COc1cc([C@H]2C(C(=O)c3cccs3)=C(O)C(=O)N2c2nc3c(C)cc(C)cc3s2)cc(OC)c1OC. The fourth-order valence-corrected chi connectivity index (χ4v) is 6.46. The zero-order chi connectivity index (χ0) is 26.4. The molecule has 2 aromatic carbocycles. The van der Waals surface area contributed by atoms with Gasteiger partial charge in [0, 0.05) is 0 Å². The van der Waals surface area contributed by atoms with Gasteiger partial charge in [-0.1, -0.05) is 23.5 Å². The van der Waals surface area contributed by atoms with Crippen molar-refractivity contribution in [3.8, 4) is 17.2 Å². The van der Waals surface area contributed by atoms with Gasteiger partial charge in [-0.15, -0.1) is 11.3 Å². The van der Waals surface area contributed by atoms with Crippen LogP contribution in [-0.2, 0) is 4.79 Å². The molecular formula is C27H24N2O6S2. The highest BCUT2D eigenvalue weighted by molar-refractivity contribution is 7.22. The molecule has 37 heavy (non-hydrogen) atoms. The molecule has 1 aliphatic rings. The Labute approximate surface area is 221 Å². The summed E-state index contributed by atoms with van der Waals surface area (Å²) in [5, 5.41) is 13.2. The number of carbonyl (C=O) groups excluding carboxylic acids is 2. The molecule has 0 bridgehead atoms. The van der Waals surface area contributed by atoms with Gasteiger partial charge in [0.05, 0.1) is 48.0 Å². The smallest absolute Gasteiger partial charge is 0.296 e. The molecule has 1 amide bonds. The Morgan fingerprint density at radius 2 is 1.76 bits per heavy atom. The lowest BCUT2D eigenvalue weighted by molar-refractivity contribution is -0.117. The van der Waals surface area contributed by atoms with Crippen LogP contribution >= 0.6 is 22.7 Å². The zero-order valence-electron chi connectivity index (χ0n) is 20.8. The zero-order valence-corrected chi connectivity index (χ0v) is 22.5. The molecule has 0 unspecified atom stereocenters. The largest absolute Gasteiger partial charge is 0.503 e. The summed E-state index contributed by atoms with van der Waals surface area (Å²) in [6.45, 7) is 3.96. The Bertz CT molecular complexity index is 1550. The molecule has 0 saturated carbocycles. The highest BCUT2D eigenvalue weighted by atomic mass is 32.1. The van der Waals surface area contributed by atoms with Gasteiger partial charge in [-0.25, -0.2) is 4.98 Å². The summed E-state index contributed by atoms with van der Waals surface area (Å²) in [7, 11) is 4.47. The third kappa shape index (κ3) is 4.02. The molecule has 2 aromatic heterocycles. The van der Waals surface area contributed by atoms with E-state index in [4.69, 9.17) is 19.2 Å². The Morgan fingerprint density at radius 1 is 1.05 bits per heavy atom. The quantitative estimate of drug-likeness (QED) is 0.299. The van der Waals surface area contributed by atoms with Crippen molar-refractivity contribution in [3.63, 3.8) is 0 Å². The molecule has 1 aliphatic heterocycles. The summed E-state index contributed by atoms with van der Waals surface area (Å²) in [5.74, 6) is -0.662. The van der Waals surface area contributed by atoms with Gasteiger partial charge in [0.1, 0.15) is 0 Å². The van der Waals surface area contributed by atoms with E-state index < -0.39 is 23.5 Å². The second-order valence-electron chi connectivity index (χ2n) is 8.53. The Hall–Kier alpha value is -3.89. The van der Waals surface area contributed by atoms with E-state index in [2.05, 4.69) is 0 Å². The number of amides is 1. The van der Waals surface area contributed by atoms with E-state index >= 15 is 0 Å². The highest BCUT2D eigenvalue weighted by Crippen LogP contribution is 2.48. The van der Waals surface area contributed by atoms with E-state index in [1.54, 1.807) is 29.6 Å². The lowest BCUT2D eigenvalue weighted by Crippen LogP contribution is -2.31. The van der Waals surface area contributed by atoms with E-state index in [1.165, 1.54) is 48.9 Å². The Kier molecular flexibility index (Phi) is 6.38. The standard InChI is InChI=1S/C27H24N2O6S2/c1-13-9-14(2)21-19(10-13)37-27(28-21)29-22(15-11-16(33-3)25(35-5)17(12-15)34-4)20(24(31)26(29)32)23(30)18-7-6-8-36-18/h6-12,22,31H,1-5H3/t22-/m0/s1. The maximum Gasteiger partial charge on any atom is 0.296 e. The third-order valence-electron chi connectivity index (χ3n) is 6.23. The number of ketones is 1. The maximum atomic E-state index is 13.6. The molecule has 1 N–H and O–H groups in total. The van der Waals surface area contributed by atoms with Crippen LogP contribution in [0.25, 0.3) is 10.2 Å². The van der Waals surface area contributed by atoms with Crippen LogP contribution in [0.2, 0.25) is 0 Å². The normalized spacial score (nSPS) is 15.5. The average Bonchev–Trinajstić information content (AvgIpc) is 3.62. The van der Waals surface area contributed by atoms with Gasteiger partial charge in [0.25, 0.3) is 5.91 Å². The average molecular weight is 537 g/mol. The number of ether oxygens (including phenoxy) is 3. The van der Waals surface area contributed by atoms with Crippen molar-refractivity contribution in [1.29, 1.82) is 0 Å². The van der Waals surface area contributed by atoms with E-state index in [1.807, 2.05) is 26.0 Å². The van der Waals surface area contributed by atoms with Crippen molar-refractivity contribution >= 4 is 49.7 Å². The number of fused-ring (bicyclic) bond motifs is 1. The van der Waals surface area contributed by atoms with Crippen LogP contribution in [0.5, 0.6) is 17.2 Å². The van der Waals surface area contributed by atoms with Gasteiger partial charge in [0.2, 0.25) is 11.5 Å². The summed E-state index contributed by atoms with van der Waals surface area (Å²) in [5.41, 5.74) is 3.27. The number of benzene rings is 2. The number of aromatic nitrogens is 1. The second kappa shape index (κ2) is 9.53. The van der Waals surface area contributed by atoms with Crippen molar-refractivity contribution in [3.05, 3.63) is 74.7 Å². The first kappa shape index (κ1) is 24.8. The first-order valence-corrected chi connectivity index (χ1v) is 13.0. The predicted molar refractivity (Wildman–Crippen MR) is 144 cm³/mol. The molecule has 3 heterocycles. The molecule has 190 valence electrons. The van der Waals surface area contributed by atoms with E-state index in [0.29, 0.717) is 32.8 Å². The lowest BCUT2D eigenvalue weighted by atomic mass is 9.95. The fraction of sp³-hybridized carbons (Fsp3) is 0.222. The molecular weight excluding hydrogens is 512 g/mol. The second-order valence-corrected chi connectivity index (χ2v) is 10.5. The number of methoxy groups -OCH3 is 3. The number of nitrogens with zero attached hydrogens (tertiary/aromatic N) is 2. The number of hydrogen-bond donors (Lipinski definition) is 1. The Morgan fingerprint density at radius 3 is 2.35 bits per heavy atom. The van der Waals surface area contributed by atoms with Crippen molar-refractivity contribution in [2.24, 2.45) is 0 Å². The maximum absolute atomic E-state index is 13.6. The number of anilines is 1. The minimum Gasteiger partial charge on any atom is -0.503 e. The number of rotatable bonds is 7. The fourth-order valence-electron chi connectivity index (χ4n) is 4.61. The Balaban J connectivity index is 1.75. The van der Waals surface area contributed by atoms with Crippen LogP contribution in [-0.4, -0.2) is 43.1 Å². The van der Waals surface area contributed by atoms with Crippen molar-refractivity contribution in [2.75, 3.05) is 26.2 Å². The molecule has 0 saturated heterocycles. The number of thiophene rings is 1. The van der Waals surface area contributed by atoms with Crippen molar-refractivity contribution < 1.29 is 28.9 Å². The number of aliphatic hydroxyl groups is 1. The molecule has 0 spiro atoms. The van der Waals surface area contributed by atoms with Crippen LogP contribution in [0.1, 0.15) is 32.4 Å². The summed E-state index contributed by atoms with van der Waals surface area (Å²) >= 11 is 2.56. The number of Topliss-reactive ketones (excluding diaryl/α,β-unsaturated/α-hetero) is 1. The van der Waals surface area contributed by atoms with Gasteiger partial charge < -0.3 is 19.3 Å². The minimum atomic E-state index is -0.974. The molecule has 4 aromatic rings. The highest BCUT2D eigenvalue weighted by Gasteiger charge is 2.46.